The molecule has 0 saturated carbocycles. The van der Waals surface area contributed by atoms with Gasteiger partial charge in [-0.05, 0) is 37.5 Å². The minimum Gasteiger partial charge on any atom is -0.362 e. The summed E-state index contributed by atoms with van der Waals surface area (Å²) in [6, 6.07) is 4.35. The number of anilines is 1. The second-order valence-corrected chi connectivity index (χ2v) is 4.52. The third-order valence-electron chi connectivity index (χ3n) is 2.54. The molecule has 0 aliphatic carbocycles. The van der Waals surface area contributed by atoms with Crippen molar-refractivity contribution in [1.29, 1.82) is 0 Å². The van der Waals surface area contributed by atoms with Gasteiger partial charge >= 0.3 is 0 Å². The van der Waals surface area contributed by atoms with Gasteiger partial charge in [-0.1, -0.05) is 13.8 Å². The Morgan fingerprint density at radius 3 is 2.60 bits per heavy atom. The Morgan fingerprint density at radius 1 is 1.13 bits per heavy atom. The molecule has 0 amide bonds. The van der Waals surface area contributed by atoms with Crippen LogP contribution in [0.2, 0.25) is 0 Å². The fraction of sp³-hybridized carbons (Fsp3) is 0.667. The Labute approximate surface area is 97.5 Å². The molecule has 0 unspecified atom stereocenters. The molecule has 1 fully saturated rings. The van der Waals surface area contributed by atoms with E-state index in [2.05, 4.69) is 34.4 Å². The zero-order valence-corrected chi connectivity index (χ0v) is 10.9. The molecule has 86 valence electrons. The standard InChI is InChI=1S/C10H16N2S.C2H6/c1-11-5-3-6-12(8-7-11)10-4-2-9-13-10;1-2/h2,4,9H,3,5-8H2,1H3;1-2H3. The molecule has 1 aromatic heterocycles. The predicted molar refractivity (Wildman–Crippen MR) is 70.0 cm³/mol. The van der Waals surface area contributed by atoms with Crippen molar-refractivity contribution in [3.63, 3.8) is 0 Å². The molecule has 0 bridgehead atoms. The van der Waals surface area contributed by atoms with E-state index in [9.17, 15) is 0 Å². The van der Waals surface area contributed by atoms with Gasteiger partial charge in [0.2, 0.25) is 0 Å². The first-order valence-corrected chi connectivity index (χ1v) is 6.71. The summed E-state index contributed by atoms with van der Waals surface area (Å²) in [5.41, 5.74) is 0. The quantitative estimate of drug-likeness (QED) is 0.726. The lowest BCUT2D eigenvalue weighted by Gasteiger charge is -2.20. The van der Waals surface area contributed by atoms with Crippen LogP contribution in [0.4, 0.5) is 5.00 Å². The van der Waals surface area contributed by atoms with Crippen molar-refractivity contribution in [2.45, 2.75) is 20.3 Å². The first kappa shape index (κ1) is 12.5. The van der Waals surface area contributed by atoms with Crippen LogP contribution in [0.25, 0.3) is 0 Å². The molecule has 0 N–H and O–H groups in total. The third-order valence-corrected chi connectivity index (χ3v) is 3.47. The molecule has 15 heavy (non-hydrogen) atoms. The minimum absolute atomic E-state index is 1.18. The lowest BCUT2D eigenvalue weighted by atomic mass is 10.4. The van der Waals surface area contributed by atoms with Gasteiger partial charge in [0.15, 0.2) is 0 Å². The summed E-state index contributed by atoms with van der Waals surface area (Å²) in [7, 11) is 2.21. The second kappa shape index (κ2) is 6.85. The Balaban J connectivity index is 0.000000531. The zero-order chi connectivity index (χ0) is 11.1. The predicted octanol–water partition coefficient (Wildman–Crippen LogP) is 2.92. The first-order chi connectivity index (χ1) is 7.36. The molecular weight excluding hydrogens is 204 g/mol. The van der Waals surface area contributed by atoms with Gasteiger partial charge in [0.25, 0.3) is 0 Å². The summed E-state index contributed by atoms with van der Waals surface area (Å²) in [6.45, 7) is 8.82. The van der Waals surface area contributed by atoms with Crippen molar-refractivity contribution < 1.29 is 0 Å². The SMILES string of the molecule is CC.CN1CCCN(c2cccs2)CC1. The van der Waals surface area contributed by atoms with Crippen molar-refractivity contribution >= 4 is 16.3 Å². The van der Waals surface area contributed by atoms with Gasteiger partial charge in [0, 0.05) is 19.6 Å². The summed E-state index contributed by atoms with van der Waals surface area (Å²) in [6.07, 6.45) is 1.29. The van der Waals surface area contributed by atoms with Crippen molar-refractivity contribution in [1.82, 2.24) is 4.90 Å². The Kier molecular flexibility index (Phi) is 5.73. The summed E-state index contributed by atoms with van der Waals surface area (Å²) < 4.78 is 0. The highest BCUT2D eigenvalue weighted by Crippen LogP contribution is 2.21. The molecule has 2 rings (SSSR count). The van der Waals surface area contributed by atoms with E-state index >= 15 is 0 Å². The van der Waals surface area contributed by atoms with Crippen LogP contribution >= 0.6 is 11.3 Å². The molecule has 1 aliphatic rings. The summed E-state index contributed by atoms with van der Waals surface area (Å²) in [5.74, 6) is 0. The number of rotatable bonds is 1. The minimum atomic E-state index is 1.18. The summed E-state index contributed by atoms with van der Waals surface area (Å²) in [5, 5.41) is 3.58. The van der Waals surface area contributed by atoms with Gasteiger partial charge in [-0.2, -0.15) is 0 Å². The van der Waals surface area contributed by atoms with E-state index in [1.165, 1.54) is 37.6 Å². The largest absolute Gasteiger partial charge is 0.362 e. The van der Waals surface area contributed by atoms with Gasteiger partial charge in [-0.3, -0.25) is 0 Å². The van der Waals surface area contributed by atoms with E-state index < -0.39 is 0 Å². The van der Waals surface area contributed by atoms with Crippen LogP contribution in [0.3, 0.4) is 0 Å². The Bertz CT molecular complexity index is 246. The average molecular weight is 226 g/mol. The maximum atomic E-state index is 2.49. The van der Waals surface area contributed by atoms with Crippen molar-refractivity contribution in [2.75, 3.05) is 38.1 Å². The lowest BCUT2D eigenvalue weighted by Crippen LogP contribution is -2.27. The number of hydrogen-bond acceptors (Lipinski definition) is 3. The maximum Gasteiger partial charge on any atom is 0.0908 e. The van der Waals surface area contributed by atoms with Gasteiger partial charge in [-0.25, -0.2) is 0 Å². The number of hydrogen-bond donors (Lipinski definition) is 0. The number of nitrogens with zero attached hydrogens (tertiary/aromatic N) is 2. The normalized spacial score (nSPS) is 17.9. The molecule has 0 spiro atoms. The molecule has 0 radical (unpaired) electrons. The molecule has 3 heteroatoms. The van der Waals surface area contributed by atoms with Crippen molar-refractivity contribution in [3.05, 3.63) is 17.5 Å². The van der Waals surface area contributed by atoms with Crippen LogP contribution < -0.4 is 4.90 Å². The van der Waals surface area contributed by atoms with Crippen LogP contribution in [-0.4, -0.2) is 38.1 Å². The van der Waals surface area contributed by atoms with Crippen LogP contribution in [0.5, 0.6) is 0 Å². The highest BCUT2D eigenvalue weighted by molar-refractivity contribution is 7.14. The fourth-order valence-corrected chi connectivity index (χ4v) is 2.50. The van der Waals surface area contributed by atoms with Crippen LogP contribution in [0, 0.1) is 0 Å². The highest BCUT2D eigenvalue weighted by Gasteiger charge is 2.12. The molecule has 1 saturated heterocycles. The van der Waals surface area contributed by atoms with Gasteiger partial charge in [0.05, 0.1) is 5.00 Å². The average Bonchev–Trinajstić information content (AvgIpc) is 2.72. The summed E-state index contributed by atoms with van der Waals surface area (Å²) >= 11 is 1.85. The van der Waals surface area contributed by atoms with Crippen molar-refractivity contribution in [2.24, 2.45) is 0 Å². The van der Waals surface area contributed by atoms with E-state index in [0.717, 1.165) is 0 Å². The maximum absolute atomic E-state index is 2.49. The lowest BCUT2D eigenvalue weighted by molar-refractivity contribution is 0.360. The Morgan fingerprint density at radius 2 is 1.93 bits per heavy atom. The molecule has 1 aromatic rings. The fourth-order valence-electron chi connectivity index (χ4n) is 1.72. The number of likely N-dealkylation sites (N-methyl/N-ethyl adjacent to an activating group) is 1. The molecular formula is C12H22N2S. The molecule has 0 atom stereocenters. The molecule has 1 aliphatic heterocycles. The first-order valence-electron chi connectivity index (χ1n) is 5.83. The highest BCUT2D eigenvalue weighted by atomic mass is 32.1. The van der Waals surface area contributed by atoms with E-state index in [1.807, 2.05) is 25.2 Å². The van der Waals surface area contributed by atoms with Crippen molar-refractivity contribution in [3.8, 4) is 0 Å². The van der Waals surface area contributed by atoms with E-state index in [1.54, 1.807) is 0 Å². The molecule has 2 nitrogen and oxygen atoms in total. The number of thiophene rings is 1. The monoisotopic (exact) mass is 226 g/mol. The smallest absolute Gasteiger partial charge is 0.0908 e. The third kappa shape index (κ3) is 3.84. The van der Waals surface area contributed by atoms with Gasteiger partial charge in [-0.15, -0.1) is 11.3 Å². The van der Waals surface area contributed by atoms with Crippen LogP contribution in [-0.2, 0) is 0 Å². The van der Waals surface area contributed by atoms with E-state index in [0.29, 0.717) is 0 Å². The Hall–Kier alpha value is -0.540. The van der Waals surface area contributed by atoms with Crippen LogP contribution in [0.1, 0.15) is 20.3 Å². The van der Waals surface area contributed by atoms with E-state index in [4.69, 9.17) is 0 Å². The summed E-state index contributed by atoms with van der Waals surface area (Å²) in [4.78, 5) is 4.90. The molecule has 0 aromatic carbocycles. The van der Waals surface area contributed by atoms with Gasteiger partial charge in [0.1, 0.15) is 0 Å². The second-order valence-electron chi connectivity index (χ2n) is 3.60. The zero-order valence-electron chi connectivity index (χ0n) is 10.1. The van der Waals surface area contributed by atoms with Gasteiger partial charge < -0.3 is 9.80 Å². The molecule has 2 heterocycles. The topological polar surface area (TPSA) is 6.48 Å². The van der Waals surface area contributed by atoms with E-state index in [-0.39, 0.29) is 0 Å². The van der Waals surface area contributed by atoms with Crippen LogP contribution in [0.15, 0.2) is 17.5 Å².